The molecule has 2 fully saturated rings. The van der Waals surface area contributed by atoms with E-state index in [1.54, 1.807) is 24.3 Å². The van der Waals surface area contributed by atoms with Gasteiger partial charge in [-0.3, -0.25) is 0 Å². The zero-order valence-corrected chi connectivity index (χ0v) is 36.3. The largest absolute Gasteiger partial charge is 0.459 e. The smallest absolute Gasteiger partial charge is 0.324 e. The van der Waals surface area contributed by atoms with Crippen molar-refractivity contribution in [2.24, 2.45) is 0 Å². The summed E-state index contributed by atoms with van der Waals surface area (Å²) in [4.78, 5) is 34.1. The summed E-state index contributed by atoms with van der Waals surface area (Å²) in [5, 5.41) is 7.78. The van der Waals surface area contributed by atoms with Gasteiger partial charge in [-0.05, 0) is 93.9 Å². The van der Waals surface area contributed by atoms with Gasteiger partial charge in [-0.2, -0.15) is 19.9 Å². The van der Waals surface area contributed by atoms with Crippen LogP contribution in [0.1, 0.15) is 120 Å². The van der Waals surface area contributed by atoms with Crippen LogP contribution in [0.3, 0.4) is 0 Å². The van der Waals surface area contributed by atoms with Crippen LogP contribution in [0.4, 0.5) is 11.9 Å². The lowest BCUT2D eigenvalue weighted by atomic mass is 9.77. The minimum Gasteiger partial charge on any atom is -0.459 e. The van der Waals surface area contributed by atoms with Crippen LogP contribution in [0.2, 0.25) is 0 Å². The first-order valence-corrected chi connectivity index (χ1v) is 20.6. The van der Waals surface area contributed by atoms with E-state index in [-0.39, 0.29) is 90.9 Å². The highest BCUT2D eigenvalue weighted by Crippen LogP contribution is 2.41. The summed E-state index contributed by atoms with van der Waals surface area (Å²) < 4.78 is 24.1. The Balaban J connectivity index is 2.10. The molecule has 2 aliphatic rings. The van der Waals surface area contributed by atoms with Crippen LogP contribution in [0, 0.1) is 0 Å². The van der Waals surface area contributed by atoms with Crippen molar-refractivity contribution in [1.29, 1.82) is 0 Å². The van der Waals surface area contributed by atoms with Crippen LogP contribution in [0.15, 0.2) is 50.6 Å². The van der Waals surface area contributed by atoms with Crippen molar-refractivity contribution in [3.05, 3.63) is 50.6 Å². The second-order valence-corrected chi connectivity index (χ2v) is 17.9. The third-order valence-corrected chi connectivity index (χ3v) is 10.0. The normalized spacial score (nSPS) is 18.6. The average Bonchev–Trinajstić information content (AvgIpc) is 3.10. The van der Waals surface area contributed by atoms with Crippen LogP contribution in [0.5, 0.6) is 24.0 Å². The molecule has 0 amide bonds. The minimum atomic E-state index is -0.352. The molecule has 4 heterocycles. The van der Waals surface area contributed by atoms with Crippen LogP contribution < -0.4 is 39.4 Å². The van der Waals surface area contributed by atoms with Gasteiger partial charge in [0.15, 0.2) is 0 Å². The molecule has 2 N–H and O–H groups in total. The van der Waals surface area contributed by atoms with Gasteiger partial charge in [-0.15, -0.1) is 9.97 Å². The SMILES string of the molecule is C=CCOc1nc(OCC=C)nc(N(C2CC(C)(C)NC(C)(C)C2)C(CCCCCC)N(c2nc(OCC=C)nc(OCC=C)n2)C2CC(C)(C)NC(C)(C)C2)n1. The number of nitrogens with one attached hydrogen (secondary N) is 2. The maximum absolute atomic E-state index is 6.02. The monoisotopic (exact) mass is 791 g/mol. The Bertz CT molecular complexity index is 1440. The number of piperidine rings is 2. The van der Waals surface area contributed by atoms with Crippen molar-refractivity contribution in [3.8, 4) is 24.0 Å². The molecule has 0 spiro atoms. The number of hydrogen-bond donors (Lipinski definition) is 2. The van der Waals surface area contributed by atoms with Gasteiger partial charge < -0.3 is 39.4 Å². The number of anilines is 2. The number of unbranched alkanes of at least 4 members (excludes halogenated alkanes) is 3. The van der Waals surface area contributed by atoms with Crippen LogP contribution in [-0.4, -0.2) is 96.7 Å². The Morgan fingerprint density at radius 3 is 1.14 bits per heavy atom. The first-order valence-electron chi connectivity index (χ1n) is 20.6. The molecule has 2 aliphatic heterocycles. The maximum atomic E-state index is 6.02. The molecule has 0 aliphatic carbocycles. The number of ether oxygens (including phenoxy) is 4. The second kappa shape index (κ2) is 19.9. The van der Waals surface area contributed by atoms with Crippen molar-refractivity contribution in [3.63, 3.8) is 0 Å². The molecule has 2 aromatic heterocycles. The van der Waals surface area contributed by atoms with E-state index >= 15 is 0 Å². The maximum Gasteiger partial charge on any atom is 0.324 e. The number of nitrogens with zero attached hydrogens (tertiary/aromatic N) is 8. The summed E-state index contributed by atoms with van der Waals surface area (Å²) in [7, 11) is 0. The van der Waals surface area contributed by atoms with Crippen LogP contribution in [0.25, 0.3) is 0 Å². The summed E-state index contributed by atoms with van der Waals surface area (Å²) in [6.07, 6.45) is 14.5. The van der Waals surface area contributed by atoms with Gasteiger partial charge in [-0.1, -0.05) is 76.8 Å². The van der Waals surface area contributed by atoms with E-state index in [1.165, 1.54) is 0 Å². The molecule has 2 aromatic rings. The highest BCUT2D eigenvalue weighted by molar-refractivity contribution is 5.46. The van der Waals surface area contributed by atoms with Crippen LogP contribution >= 0.6 is 0 Å². The number of hydrogen-bond acceptors (Lipinski definition) is 14. The molecule has 0 unspecified atom stereocenters. The van der Waals surface area contributed by atoms with E-state index < -0.39 is 0 Å². The Hall–Kier alpha value is -4.30. The van der Waals surface area contributed by atoms with E-state index in [0.717, 1.165) is 57.8 Å². The van der Waals surface area contributed by atoms with Crippen molar-refractivity contribution in [2.75, 3.05) is 36.2 Å². The van der Waals surface area contributed by atoms with Crippen molar-refractivity contribution in [2.45, 2.75) is 161 Å². The molecular weight excluding hydrogens is 721 g/mol. The highest BCUT2D eigenvalue weighted by atomic mass is 16.5. The molecular formula is C43H70N10O4. The lowest BCUT2D eigenvalue weighted by Gasteiger charge is -2.55. The van der Waals surface area contributed by atoms with Gasteiger partial charge in [0.05, 0.1) is 0 Å². The molecule has 14 nitrogen and oxygen atoms in total. The Morgan fingerprint density at radius 1 is 0.544 bits per heavy atom. The van der Waals surface area contributed by atoms with Crippen molar-refractivity contribution < 1.29 is 18.9 Å². The van der Waals surface area contributed by atoms with E-state index in [2.05, 4.69) is 119 Å². The zero-order chi connectivity index (χ0) is 41.9. The fourth-order valence-electron chi connectivity index (χ4n) is 8.85. The molecule has 0 saturated carbocycles. The molecule has 0 atom stereocenters. The lowest BCUT2D eigenvalue weighted by Crippen LogP contribution is -2.68. The molecule has 57 heavy (non-hydrogen) atoms. The molecule has 4 rings (SSSR count). The predicted octanol–water partition coefficient (Wildman–Crippen LogP) is 7.54. The van der Waals surface area contributed by atoms with Crippen molar-refractivity contribution >= 4 is 11.9 Å². The summed E-state index contributed by atoms with van der Waals surface area (Å²) >= 11 is 0. The number of rotatable bonds is 23. The standard InChI is InChI=1S/C43H70N10O4/c1-14-19-20-21-22-33(52(31-27-40(6,7)50-41(8,9)28-31)34-44-36(54-23-15-2)48-37(45-34)55-24-16-3)53(32-29-42(10,11)51-43(12,13)30-32)35-46-38(56-25-17-4)49-39(47-35)57-26-18-5/h15-18,31-33,50-51H,2-5,14,19-30H2,1,6-13H3. The van der Waals surface area contributed by atoms with E-state index in [1.807, 2.05) is 0 Å². The van der Waals surface area contributed by atoms with Gasteiger partial charge >= 0.3 is 24.0 Å². The van der Waals surface area contributed by atoms with E-state index in [0.29, 0.717) is 11.9 Å². The third kappa shape index (κ3) is 13.4. The Labute approximate surface area is 342 Å². The first-order chi connectivity index (χ1) is 26.9. The molecule has 0 radical (unpaired) electrons. The Morgan fingerprint density at radius 2 is 0.860 bits per heavy atom. The quantitative estimate of drug-likeness (QED) is 0.0650. The topological polar surface area (TPSA) is 145 Å². The third-order valence-electron chi connectivity index (χ3n) is 10.0. The fourth-order valence-corrected chi connectivity index (χ4v) is 8.85. The van der Waals surface area contributed by atoms with Gasteiger partial charge in [0.1, 0.15) is 32.6 Å². The van der Waals surface area contributed by atoms with E-state index in [9.17, 15) is 0 Å². The van der Waals surface area contributed by atoms with Gasteiger partial charge in [-0.25, -0.2) is 0 Å². The van der Waals surface area contributed by atoms with Gasteiger partial charge in [0.2, 0.25) is 11.9 Å². The number of aromatic nitrogens is 6. The summed E-state index contributed by atoms with van der Waals surface area (Å²) in [5.41, 5.74) is -0.877. The minimum absolute atomic E-state index is 0.0469. The van der Waals surface area contributed by atoms with Crippen LogP contribution in [-0.2, 0) is 0 Å². The second-order valence-electron chi connectivity index (χ2n) is 17.9. The van der Waals surface area contributed by atoms with Crippen molar-refractivity contribution in [1.82, 2.24) is 40.5 Å². The first kappa shape index (κ1) is 45.4. The molecule has 0 bridgehead atoms. The summed E-state index contributed by atoms with van der Waals surface area (Å²) in [6.45, 7) is 36.6. The highest BCUT2D eigenvalue weighted by Gasteiger charge is 2.48. The Kier molecular flexibility index (Phi) is 15.9. The molecule has 2 saturated heterocycles. The molecule has 316 valence electrons. The summed E-state index contributed by atoms with van der Waals surface area (Å²) in [6, 6.07) is 0.507. The lowest BCUT2D eigenvalue weighted by molar-refractivity contribution is 0.138. The fraction of sp³-hybridized carbons (Fsp3) is 0.674. The predicted molar refractivity (Wildman–Crippen MR) is 229 cm³/mol. The molecule has 14 heteroatoms. The zero-order valence-electron chi connectivity index (χ0n) is 36.3. The van der Waals surface area contributed by atoms with E-state index in [4.69, 9.17) is 38.9 Å². The average molecular weight is 791 g/mol. The molecule has 0 aromatic carbocycles. The van der Waals surface area contributed by atoms with Gasteiger partial charge in [0.25, 0.3) is 0 Å². The van der Waals surface area contributed by atoms with Gasteiger partial charge in [0, 0.05) is 34.2 Å². The summed E-state index contributed by atoms with van der Waals surface area (Å²) in [5.74, 6) is 0.889.